The number of carbonyl (C=O) groups excluding carboxylic acids is 3. The van der Waals surface area contributed by atoms with Gasteiger partial charge in [-0.05, 0) is 104 Å². The van der Waals surface area contributed by atoms with Crippen LogP contribution in [0.15, 0.2) is 71.4 Å². The fourth-order valence-electron chi connectivity index (χ4n) is 7.49. The number of aromatic nitrogens is 3. The predicted octanol–water partition coefficient (Wildman–Crippen LogP) is 7.84. The predicted molar refractivity (Wildman–Crippen MR) is 206 cm³/mol. The minimum atomic E-state index is -0.535. The van der Waals surface area contributed by atoms with Crippen LogP contribution >= 0.6 is 0 Å². The maximum Gasteiger partial charge on any atom is 0.301 e. The number of hydrogen-bond acceptors (Lipinski definition) is 9. The van der Waals surface area contributed by atoms with Crippen molar-refractivity contribution in [1.82, 2.24) is 20.2 Å². The van der Waals surface area contributed by atoms with Gasteiger partial charge in [0.05, 0.1) is 17.2 Å². The third-order valence-corrected chi connectivity index (χ3v) is 10.5. The number of Topliss-reactive ketones (excluding diaryl/α,β-unsaturated/α-hetero) is 1. The van der Waals surface area contributed by atoms with Crippen molar-refractivity contribution in [2.24, 2.45) is 11.8 Å². The molecule has 1 aliphatic rings. The highest BCUT2D eigenvalue weighted by atomic mass is 16.6. The first-order valence-corrected chi connectivity index (χ1v) is 19.1. The molecular weight excluding hydrogens is 688 g/mol. The van der Waals surface area contributed by atoms with Gasteiger partial charge in [0.2, 0.25) is 17.3 Å². The largest absolute Gasteiger partial charge is 0.491 e. The second-order valence-corrected chi connectivity index (χ2v) is 14.0. The summed E-state index contributed by atoms with van der Waals surface area (Å²) < 4.78 is 12.3. The second kappa shape index (κ2) is 18.0. The van der Waals surface area contributed by atoms with Crippen molar-refractivity contribution in [2.45, 2.75) is 84.6 Å². The number of non-ortho nitro benzene ring substituents is 1. The first kappa shape index (κ1) is 38.1. The molecule has 0 atom stereocenters. The Morgan fingerprint density at radius 2 is 1.72 bits per heavy atom. The van der Waals surface area contributed by atoms with E-state index < -0.39 is 4.92 Å². The minimum absolute atomic E-state index is 0.0320. The van der Waals surface area contributed by atoms with E-state index in [9.17, 15) is 24.5 Å². The number of carbonyl (C=O) groups is 3. The number of nitrogens with one attached hydrogen (secondary N) is 1. The molecule has 1 saturated carbocycles. The molecule has 54 heavy (non-hydrogen) atoms. The van der Waals surface area contributed by atoms with Crippen LogP contribution in [0, 0.1) is 22.0 Å². The second-order valence-electron chi connectivity index (χ2n) is 14.0. The number of fused-ring (bicyclic) bond motifs is 2. The molecule has 0 saturated heterocycles. The number of ether oxygens (including phenoxy) is 1. The lowest BCUT2D eigenvalue weighted by molar-refractivity contribution is -0.383. The number of rotatable bonds is 18. The Morgan fingerprint density at radius 1 is 0.944 bits per heavy atom. The Hall–Kier alpha value is -5.59. The Morgan fingerprint density at radius 3 is 2.50 bits per heavy atom. The topological polar surface area (TPSA) is 163 Å². The van der Waals surface area contributed by atoms with Gasteiger partial charge >= 0.3 is 5.69 Å². The molecule has 1 N–H and O–H groups in total. The minimum Gasteiger partial charge on any atom is -0.491 e. The Labute approximate surface area is 314 Å². The van der Waals surface area contributed by atoms with E-state index in [4.69, 9.17) is 4.74 Å². The number of aryl methyl sites for hydroxylation is 1. The van der Waals surface area contributed by atoms with Crippen LogP contribution in [0.1, 0.15) is 87.7 Å². The zero-order valence-corrected chi connectivity index (χ0v) is 31.0. The molecule has 284 valence electrons. The van der Waals surface area contributed by atoms with Gasteiger partial charge in [-0.3, -0.25) is 24.5 Å². The van der Waals surface area contributed by atoms with E-state index in [0.717, 1.165) is 74.4 Å². The molecule has 13 nitrogen and oxygen atoms in total. The normalized spacial score (nSPS) is 15.7. The molecule has 1 fully saturated rings. The highest BCUT2D eigenvalue weighted by molar-refractivity contribution is 6.02. The average molecular weight is 737 g/mol. The molecule has 0 aliphatic heterocycles. The van der Waals surface area contributed by atoms with Gasteiger partial charge in [0.25, 0.3) is 0 Å². The number of nitro benzene ring substituents is 1. The van der Waals surface area contributed by atoms with Crippen molar-refractivity contribution in [3.05, 3.63) is 88.1 Å². The van der Waals surface area contributed by atoms with Gasteiger partial charge in [0, 0.05) is 48.1 Å². The SMILES string of the molecule is CCc1cccc(N(CC)C(=O)Cn2c(C(=O)CC3CCC(C(=O)NCCCCCCOc4ccc([N+](=O)[O-])c5nonc45)CC3)cc3ccccc32)c1. The van der Waals surface area contributed by atoms with E-state index in [1.165, 1.54) is 17.7 Å². The molecule has 2 aromatic heterocycles. The third-order valence-electron chi connectivity index (χ3n) is 10.5. The number of unbranched alkanes of at least 4 members (excludes halogenated alkanes) is 3. The molecule has 2 heterocycles. The number of benzene rings is 3. The lowest BCUT2D eigenvalue weighted by Gasteiger charge is -2.27. The van der Waals surface area contributed by atoms with Gasteiger partial charge in [-0.1, -0.05) is 50.1 Å². The summed E-state index contributed by atoms with van der Waals surface area (Å²) in [6.07, 6.45) is 7.86. The molecule has 5 aromatic rings. The lowest BCUT2D eigenvalue weighted by Crippen LogP contribution is -2.35. The number of likely N-dealkylation sites (N-methyl/N-ethyl adjacent to an activating group) is 1. The fraction of sp³-hybridized carbons (Fsp3) is 0.439. The fourth-order valence-corrected chi connectivity index (χ4v) is 7.49. The molecule has 1 aliphatic carbocycles. The first-order chi connectivity index (χ1) is 26.3. The van der Waals surface area contributed by atoms with E-state index in [1.807, 2.05) is 54.0 Å². The van der Waals surface area contributed by atoms with Gasteiger partial charge in [-0.2, -0.15) is 0 Å². The van der Waals surface area contributed by atoms with E-state index in [2.05, 4.69) is 39.3 Å². The zero-order valence-electron chi connectivity index (χ0n) is 31.0. The van der Waals surface area contributed by atoms with E-state index >= 15 is 0 Å². The highest BCUT2D eigenvalue weighted by Crippen LogP contribution is 2.33. The van der Waals surface area contributed by atoms with Gasteiger partial charge in [0.15, 0.2) is 17.0 Å². The summed E-state index contributed by atoms with van der Waals surface area (Å²) in [5.74, 6) is 0.585. The molecule has 13 heteroatoms. The van der Waals surface area contributed by atoms with Crippen LogP contribution in [0.4, 0.5) is 11.4 Å². The molecule has 3 aromatic carbocycles. The van der Waals surface area contributed by atoms with Crippen LogP contribution in [0.25, 0.3) is 21.9 Å². The van der Waals surface area contributed by atoms with Crippen molar-refractivity contribution in [1.29, 1.82) is 0 Å². The summed E-state index contributed by atoms with van der Waals surface area (Å²) in [6, 6.07) is 20.6. The Balaban J connectivity index is 0.928. The Bertz CT molecular complexity index is 2100. The van der Waals surface area contributed by atoms with Crippen LogP contribution in [-0.2, 0) is 22.6 Å². The van der Waals surface area contributed by atoms with Crippen molar-refractivity contribution in [3.8, 4) is 5.75 Å². The number of nitro groups is 1. The number of amides is 2. The van der Waals surface area contributed by atoms with Crippen LogP contribution in [0.3, 0.4) is 0 Å². The summed E-state index contributed by atoms with van der Waals surface area (Å²) in [5, 5.41) is 22.6. The molecule has 0 radical (unpaired) electrons. The zero-order chi connectivity index (χ0) is 38.0. The van der Waals surface area contributed by atoms with E-state index in [-0.39, 0.29) is 52.7 Å². The van der Waals surface area contributed by atoms with E-state index in [0.29, 0.717) is 37.6 Å². The monoisotopic (exact) mass is 736 g/mol. The van der Waals surface area contributed by atoms with Crippen LogP contribution < -0.4 is 15.0 Å². The summed E-state index contributed by atoms with van der Waals surface area (Å²) in [5.41, 5.74) is 3.57. The van der Waals surface area contributed by atoms with Crippen LogP contribution in [-0.4, -0.2) is 57.1 Å². The quantitative estimate of drug-likeness (QED) is 0.0409. The summed E-state index contributed by atoms with van der Waals surface area (Å²) in [7, 11) is 0. The van der Waals surface area contributed by atoms with Gasteiger partial charge in [0.1, 0.15) is 6.54 Å². The van der Waals surface area contributed by atoms with Gasteiger partial charge in [-0.15, -0.1) is 0 Å². The van der Waals surface area contributed by atoms with Gasteiger partial charge < -0.3 is 19.5 Å². The average Bonchev–Trinajstić information content (AvgIpc) is 3.82. The van der Waals surface area contributed by atoms with Crippen LogP contribution in [0.5, 0.6) is 5.75 Å². The molecule has 0 unspecified atom stereocenters. The Kier molecular flexibility index (Phi) is 12.7. The van der Waals surface area contributed by atoms with Crippen molar-refractivity contribution >= 4 is 50.9 Å². The van der Waals surface area contributed by atoms with Gasteiger partial charge in [-0.25, -0.2) is 4.63 Å². The van der Waals surface area contributed by atoms with Crippen molar-refractivity contribution < 1.29 is 28.7 Å². The standard InChI is InChI=1S/C41H48N6O7/c1-3-28-12-11-14-32(24-28)45(4-2)38(49)27-46-33-15-8-7-13-31(33)26-35(46)36(48)25-29-16-18-30(19-17-29)41(50)42-22-9-5-6-10-23-53-37-21-20-34(47(51)52)39-40(37)44-54-43-39/h7-8,11-15,20-21,24,26,29-30H,3-6,9-10,16-19,22-23,25,27H2,1-2H3,(H,42,50). The van der Waals surface area contributed by atoms with Crippen LogP contribution in [0.2, 0.25) is 0 Å². The van der Waals surface area contributed by atoms with Crippen molar-refractivity contribution in [3.63, 3.8) is 0 Å². The number of nitrogens with zero attached hydrogens (tertiary/aromatic N) is 5. The molecule has 6 rings (SSSR count). The summed E-state index contributed by atoms with van der Waals surface area (Å²) >= 11 is 0. The third kappa shape index (κ3) is 8.95. The van der Waals surface area contributed by atoms with Crippen molar-refractivity contribution in [2.75, 3.05) is 24.6 Å². The van der Waals surface area contributed by atoms with E-state index in [1.54, 1.807) is 4.90 Å². The highest BCUT2D eigenvalue weighted by Gasteiger charge is 2.29. The molecule has 0 spiro atoms. The molecule has 0 bridgehead atoms. The summed E-state index contributed by atoms with van der Waals surface area (Å²) in [4.78, 5) is 52.9. The smallest absolute Gasteiger partial charge is 0.301 e. The first-order valence-electron chi connectivity index (χ1n) is 19.1. The number of anilines is 1. The summed E-state index contributed by atoms with van der Waals surface area (Å²) in [6.45, 7) is 5.69. The number of hydrogen-bond donors (Lipinski definition) is 1. The number of para-hydroxylation sites is 1. The number of ketones is 1. The lowest BCUT2D eigenvalue weighted by atomic mass is 9.79. The molecule has 2 amide bonds. The maximum absolute atomic E-state index is 13.8. The molecular formula is C41H48N6O7. The maximum atomic E-state index is 13.8.